The molecule has 0 fully saturated rings. The summed E-state index contributed by atoms with van der Waals surface area (Å²) < 4.78 is 13.1. The lowest BCUT2D eigenvalue weighted by Crippen LogP contribution is -2.48. The van der Waals surface area contributed by atoms with Gasteiger partial charge in [-0.1, -0.05) is 12.1 Å². The highest BCUT2D eigenvalue weighted by atomic mass is 127. The normalized spacial score (nSPS) is 11.4. The van der Waals surface area contributed by atoms with Crippen molar-refractivity contribution in [1.29, 1.82) is 0 Å². The first-order chi connectivity index (χ1) is 9.80. The summed E-state index contributed by atoms with van der Waals surface area (Å²) in [5.74, 6) is 0.0985. The van der Waals surface area contributed by atoms with Gasteiger partial charge >= 0.3 is 0 Å². The van der Waals surface area contributed by atoms with Gasteiger partial charge in [0, 0.05) is 19.1 Å². The van der Waals surface area contributed by atoms with Crippen LogP contribution in [0.3, 0.4) is 0 Å². The zero-order valence-corrected chi connectivity index (χ0v) is 15.7. The number of benzene rings is 1. The first-order valence-electron chi connectivity index (χ1n) is 6.80. The van der Waals surface area contributed by atoms with Crippen LogP contribution < -0.4 is 16.0 Å². The summed E-state index contributed by atoms with van der Waals surface area (Å²) in [6.07, 6.45) is 0. The number of amides is 1. The predicted octanol–water partition coefficient (Wildman–Crippen LogP) is 2.02. The molecule has 3 N–H and O–H groups in total. The quantitative estimate of drug-likeness (QED) is 0.395. The van der Waals surface area contributed by atoms with E-state index in [-0.39, 0.29) is 47.8 Å². The largest absolute Gasteiger partial charge is 0.352 e. The van der Waals surface area contributed by atoms with E-state index in [2.05, 4.69) is 20.9 Å². The van der Waals surface area contributed by atoms with Gasteiger partial charge in [0.25, 0.3) is 0 Å². The smallest absolute Gasteiger partial charge is 0.239 e. The van der Waals surface area contributed by atoms with Crippen molar-refractivity contribution in [2.45, 2.75) is 32.9 Å². The monoisotopic (exact) mass is 422 g/mol. The Kier molecular flexibility index (Phi) is 9.00. The Labute approximate surface area is 148 Å². The van der Waals surface area contributed by atoms with Crippen LogP contribution in [0.15, 0.2) is 29.3 Å². The molecular formula is C15H24FIN4O. The molecule has 0 heterocycles. The predicted molar refractivity (Wildman–Crippen MR) is 97.9 cm³/mol. The third kappa shape index (κ3) is 8.81. The number of hydrogen-bond donors (Lipinski definition) is 3. The standard InChI is InChI=1S/C15H23FN4O.HI/c1-15(2,3)20-13(21)10-19-14(17-4)18-9-11-6-5-7-12(16)8-11;/h5-8H,9-10H2,1-4H3,(H,20,21)(H2,17,18,19);1H. The Balaban J connectivity index is 0.00000441. The lowest BCUT2D eigenvalue weighted by Gasteiger charge is -2.21. The second-order valence-electron chi connectivity index (χ2n) is 5.71. The highest BCUT2D eigenvalue weighted by Gasteiger charge is 2.13. The Morgan fingerprint density at radius 1 is 1.27 bits per heavy atom. The lowest BCUT2D eigenvalue weighted by atomic mass is 10.1. The fourth-order valence-corrected chi connectivity index (χ4v) is 1.68. The van der Waals surface area contributed by atoms with E-state index in [1.807, 2.05) is 26.8 Å². The molecule has 0 aromatic heterocycles. The van der Waals surface area contributed by atoms with Gasteiger partial charge in [-0.15, -0.1) is 24.0 Å². The number of halogens is 2. The summed E-state index contributed by atoms with van der Waals surface area (Å²) in [6.45, 7) is 6.31. The third-order valence-electron chi connectivity index (χ3n) is 2.50. The molecule has 0 aliphatic carbocycles. The Hall–Kier alpha value is -1.38. The van der Waals surface area contributed by atoms with Crippen LogP contribution in [-0.2, 0) is 11.3 Å². The third-order valence-corrected chi connectivity index (χ3v) is 2.50. The summed E-state index contributed by atoms with van der Waals surface area (Å²) in [6, 6.07) is 6.31. The van der Waals surface area contributed by atoms with Gasteiger partial charge in [0.1, 0.15) is 5.82 Å². The number of nitrogens with one attached hydrogen (secondary N) is 3. The number of carbonyl (C=O) groups excluding carboxylic acids is 1. The van der Waals surface area contributed by atoms with E-state index in [0.717, 1.165) is 5.56 Å². The summed E-state index contributed by atoms with van der Waals surface area (Å²) >= 11 is 0. The van der Waals surface area contributed by atoms with Crippen molar-refractivity contribution in [2.24, 2.45) is 4.99 Å². The van der Waals surface area contributed by atoms with Crippen molar-refractivity contribution in [2.75, 3.05) is 13.6 Å². The molecule has 1 amide bonds. The highest BCUT2D eigenvalue weighted by Crippen LogP contribution is 2.02. The van der Waals surface area contributed by atoms with Crippen LogP contribution >= 0.6 is 24.0 Å². The average molecular weight is 422 g/mol. The zero-order chi connectivity index (χ0) is 15.9. The average Bonchev–Trinajstić information content (AvgIpc) is 2.37. The molecule has 7 heteroatoms. The molecule has 0 bridgehead atoms. The Morgan fingerprint density at radius 2 is 1.95 bits per heavy atom. The van der Waals surface area contributed by atoms with Gasteiger partial charge in [0.2, 0.25) is 5.91 Å². The van der Waals surface area contributed by atoms with Crippen molar-refractivity contribution < 1.29 is 9.18 Å². The molecule has 0 saturated heterocycles. The van der Waals surface area contributed by atoms with Crippen LogP contribution in [0.1, 0.15) is 26.3 Å². The van der Waals surface area contributed by atoms with Crippen LogP contribution in [0.5, 0.6) is 0 Å². The summed E-state index contributed by atoms with van der Waals surface area (Å²) in [4.78, 5) is 15.7. The molecule has 22 heavy (non-hydrogen) atoms. The minimum atomic E-state index is -0.276. The van der Waals surface area contributed by atoms with E-state index in [9.17, 15) is 9.18 Å². The molecular weight excluding hydrogens is 398 g/mol. The van der Waals surface area contributed by atoms with E-state index < -0.39 is 0 Å². The maximum absolute atomic E-state index is 13.1. The first-order valence-corrected chi connectivity index (χ1v) is 6.80. The molecule has 0 aliphatic heterocycles. The van der Waals surface area contributed by atoms with Crippen LogP contribution in [0.4, 0.5) is 4.39 Å². The Morgan fingerprint density at radius 3 is 2.50 bits per heavy atom. The molecule has 0 saturated carbocycles. The molecule has 0 aliphatic rings. The number of guanidine groups is 1. The summed E-state index contributed by atoms with van der Waals surface area (Å²) in [7, 11) is 1.61. The minimum Gasteiger partial charge on any atom is -0.352 e. The number of hydrogen-bond acceptors (Lipinski definition) is 2. The highest BCUT2D eigenvalue weighted by molar-refractivity contribution is 14.0. The molecule has 0 unspecified atom stereocenters. The van der Waals surface area contributed by atoms with Crippen LogP contribution in [0.2, 0.25) is 0 Å². The molecule has 0 spiro atoms. The second kappa shape index (κ2) is 9.60. The molecule has 1 aromatic rings. The molecule has 1 aromatic carbocycles. The summed E-state index contributed by atoms with van der Waals surface area (Å²) in [5.41, 5.74) is 0.536. The van der Waals surface area contributed by atoms with Gasteiger partial charge < -0.3 is 16.0 Å². The van der Waals surface area contributed by atoms with E-state index in [4.69, 9.17) is 0 Å². The van der Waals surface area contributed by atoms with E-state index in [0.29, 0.717) is 12.5 Å². The number of nitrogens with zero attached hydrogens (tertiary/aromatic N) is 1. The number of carbonyl (C=O) groups is 1. The van der Waals surface area contributed by atoms with Gasteiger partial charge in [-0.2, -0.15) is 0 Å². The van der Waals surface area contributed by atoms with Crippen molar-refractivity contribution in [3.05, 3.63) is 35.6 Å². The van der Waals surface area contributed by atoms with Crippen LogP contribution in [-0.4, -0.2) is 31.0 Å². The van der Waals surface area contributed by atoms with Crippen molar-refractivity contribution in [3.63, 3.8) is 0 Å². The van der Waals surface area contributed by atoms with Gasteiger partial charge in [-0.05, 0) is 38.5 Å². The molecule has 0 atom stereocenters. The lowest BCUT2D eigenvalue weighted by molar-refractivity contribution is -0.121. The SMILES string of the molecule is CN=C(NCC(=O)NC(C)(C)C)NCc1cccc(F)c1.I. The van der Waals surface area contributed by atoms with Crippen molar-refractivity contribution in [3.8, 4) is 0 Å². The van der Waals surface area contributed by atoms with Gasteiger partial charge in [0.05, 0.1) is 6.54 Å². The van der Waals surface area contributed by atoms with E-state index >= 15 is 0 Å². The fourth-order valence-electron chi connectivity index (χ4n) is 1.68. The summed E-state index contributed by atoms with van der Waals surface area (Å²) in [5, 5.41) is 8.78. The molecule has 5 nitrogen and oxygen atoms in total. The minimum absolute atomic E-state index is 0. The van der Waals surface area contributed by atoms with Crippen LogP contribution in [0, 0.1) is 5.82 Å². The molecule has 1 rings (SSSR count). The second-order valence-corrected chi connectivity index (χ2v) is 5.71. The maximum Gasteiger partial charge on any atom is 0.239 e. The van der Waals surface area contributed by atoms with E-state index in [1.165, 1.54) is 12.1 Å². The number of aliphatic imine (C=N–C) groups is 1. The Bertz CT molecular complexity index is 515. The molecule has 0 radical (unpaired) electrons. The van der Waals surface area contributed by atoms with Crippen molar-refractivity contribution in [1.82, 2.24) is 16.0 Å². The van der Waals surface area contributed by atoms with Crippen molar-refractivity contribution >= 4 is 35.8 Å². The zero-order valence-electron chi connectivity index (χ0n) is 13.4. The molecule has 124 valence electrons. The first kappa shape index (κ1) is 20.6. The van der Waals surface area contributed by atoms with Gasteiger partial charge in [0.15, 0.2) is 5.96 Å². The van der Waals surface area contributed by atoms with E-state index in [1.54, 1.807) is 13.1 Å². The topological polar surface area (TPSA) is 65.5 Å². The van der Waals surface area contributed by atoms with Crippen LogP contribution in [0.25, 0.3) is 0 Å². The van der Waals surface area contributed by atoms with Gasteiger partial charge in [-0.3, -0.25) is 9.79 Å². The fraction of sp³-hybridized carbons (Fsp3) is 0.467. The number of rotatable bonds is 4. The maximum atomic E-state index is 13.1. The van der Waals surface area contributed by atoms with Gasteiger partial charge in [-0.25, -0.2) is 4.39 Å².